The Balaban J connectivity index is 3.09. The van der Waals surface area contributed by atoms with Crippen LogP contribution in [0.3, 0.4) is 0 Å². The van der Waals surface area contributed by atoms with Crippen LogP contribution in [-0.2, 0) is 5.88 Å². The first-order valence-corrected chi connectivity index (χ1v) is 3.52. The molecule has 54 valence electrons. The normalized spacial score (nSPS) is 9.80. The third-order valence-electron chi connectivity index (χ3n) is 1.29. The van der Waals surface area contributed by atoms with Gasteiger partial charge in [-0.2, -0.15) is 4.73 Å². The number of hydrogen-bond acceptors (Lipinski definition) is 1. The summed E-state index contributed by atoms with van der Waals surface area (Å²) in [6, 6.07) is 3.53. The predicted molar refractivity (Wildman–Crippen MR) is 39.7 cm³/mol. The van der Waals surface area contributed by atoms with E-state index in [4.69, 9.17) is 11.6 Å². The molecule has 0 aliphatic heterocycles. The zero-order chi connectivity index (χ0) is 7.56. The van der Waals surface area contributed by atoms with Crippen molar-refractivity contribution in [3.05, 3.63) is 34.8 Å². The molecule has 0 amide bonds. The van der Waals surface area contributed by atoms with Crippen molar-refractivity contribution in [2.75, 3.05) is 0 Å². The maximum atomic E-state index is 10.8. The highest BCUT2D eigenvalue weighted by Gasteiger charge is 2.01. The Morgan fingerprint density at radius 3 is 2.90 bits per heavy atom. The molecule has 0 fully saturated rings. The maximum absolute atomic E-state index is 10.8. The van der Waals surface area contributed by atoms with Crippen LogP contribution in [0.4, 0.5) is 0 Å². The average Bonchev–Trinajstić information content (AvgIpc) is 1.94. The van der Waals surface area contributed by atoms with Crippen molar-refractivity contribution in [1.29, 1.82) is 0 Å². The van der Waals surface area contributed by atoms with Gasteiger partial charge in [0.15, 0.2) is 6.20 Å². The zero-order valence-corrected chi connectivity index (χ0v) is 6.43. The second-order valence-corrected chi connectivity index (χ2v) is 2.42. The fourth-order valence-electron chi connectivity index (χ4n) is 0.753. The van der Waals surface area contributed by atoms with Gasteiger partial charge in [-0.1, -0.05) is 0 Å². The van der Waals surface area contributed by atoms with Gasteiger partial charge in [0, 0.05) is 12.1 Å². The van der Waals surface area contributed by atoms with Crippen molar-refractivity contribution in [3.8, 4) is 0 Å². The quantitative estimate of drug-likeness (QED) is 0.344. The highest BCUT2D eigenvalue weighted by atomic mass is 35.5. The first-order valence-electron chi connectivity index (χ1n) is 2.98. The van der Waals surface area contributed by atoms with Crippen molar-refractivity contribution < 1.29 is 4.73 Å². The van der Waals surface area contributed by atoms with E-state index in [2.05, 4.69) is 0 Å². The zero-order valence-electron chi connectivity index (χ0n) is 5.67. The molecule has 2 nitrogen and oxygen atoms in total. The maximum Gasteiger partial charge on any atom is 0.207 e. The summed E-state index contributed by atoms with van der Waals surface area (Å²) >= 11 is 5.48. The van der Waals surface area contributed by atoms with Gasteiger partial charge in [-0.3, -0.25) is 0 Å². The standard InChI is InChI=1S/C7H8ClNO/c1-6-2-3-9(10)7(4-6)5-8/h2-4H,5H2,1H3. The smallest absolute Gasteiger partial charge is 0.207 e. The Morgan fingerprint density at radius 1 is 1.70 bits per heavy atom. The molecule has 0 saturated heterocycles. The fraction of sp³-hybridized carbons (Fsp3) is 0.286. The molecule has 0 radical (unpaired) electrons. The Bertz CT molecular complexity index is 237. The molecule has 0 aromatic carbocycles. The number of rotatable bonds is 1. The van der Waals surface area contributed by atoms with E-state index in [0.717, 1.165) is 10.3 Å². The Morgan fingerprint density at radius 2 is 2.40 bits per heavy atom. The molecule has 0 aliphatic carbocycles. The number of nitrogens with zero attached hydrogens (tertiary/aromatic N) is 1. The second-order valence-electron chi connectivity index (χ2n) is 2.15. The molecule has 3 heteroatoms. The lowest BCUT2D eigenvalue weighted by atomic mass is 10.2. The molecule has 1 aromatic heterocycles. The SMILES string of the molecule is Cc1cc[n+]([O-])c(CCl)c1. The topological polar surface area (TPSA) is 26.9 Å². The van der Waals surface area contributed by atoms with Gasteiger partial charge in [-0.25, -0.2) is 0 Å². The van der Waals surface area contributed by atoms with Crippen LogP contribution < -0.4 is 4.73 Å². The largest absolute Gasteiger partial charge is 0.618 e. The summed E-state index contributed by atoms with van der Waals surface area (Å²) in [5.74, 6) is 0.269. The summed E-state index contributed by atoms with van der Waals surface area (Å²) in [6.07, 6.45) is 1.47. The van der Waals surface area contributed by atoms with E-state index < -0.39 is 0 Å². The van der Waals surface area contributed by atoms with Gasteiger partial charge < -0.3 is 5.21 Å². The molecule has 0 N–H and O–H groups in total. The van der Waals surface area contributed by atoms with Crippen molar-refractivity contribution in [2.24, 2.45) is 0 Å². The molecule has 0 atom stereocenters. The van der Waals surface area contributed by atoms with Crippen molar-refractivity contribution >= 4 is 11.6 Å². The van der Waals surface area contributed by atoms with Gasteiger partial charge in [0.2, 0.25) is 5.69 Å². The van der Waals surface area contributed by atoms with E-state index in [1.165, 1.54) is 6.20 Å². The van der Waals surface area contributed by atoms with Crippen LogP contribution in [0.25, 0.3) is 0 Å². The lowest BCUT2D eigenvalue weighted by Gasteiger charge is -2.00. The second kappa shape index (κ2) is 2.88. The molecule has 1 aromatic rings. The predicted octanol–water partition coefficient (Wildman–Crippen LogP) is 1.37. The van der Waals surface area contributed by atoms with E-state index >= 15 is 0 Å². The summed E-state index contributed by atoms with van der Waals surface area (Å²) in [6.45, 7) is 1.93. The molecule has 1 heterocycles. The molecule has 0 bridgehead atoms. The van der Waals surface area contributed by atoms with E-state index in [9.17, 15) is 5.21 Å². The van der Waals surface area contributed by atoms with Crippen LogP contribution in [0.5, 0.6) is 0 Å². The van der Waals surface area contributed by atoms with Gasteiger partial charge in [0.1, 0.15) is 5.88 Å². The van der Waals surface area contributed by atoms with E-state index in [0.29, 0.717) is 5.69 Å². The molecule has 0 unspecified atom stereocenters. The minimum Gasteiger partial charge on any atom is -0.618 e. The van der Waals surface area contributed by atoms with Gasteiger partial charge >= 0.3 is 0 Å². The molecule has 10 heavy (non-hydrogen) atoms. The highest BCUT2D eigenvalue weighted by Crippen LogP contribution is 2.00. The van der Waals surface area contributed by atoms with Crippen LogP contribution >= 0.6 is 11.6 Å². The van der Waals surface area contributed by atoms with E-state index in [1.54, 1.807) is 12.1 Å². The Labute approximate surface area is 64.6 Å². The van der Waals surface area contributed by atoms with Gasteiger partial charge in [-0.05, 0) is 12.5 Å². The minimum absolute atomic E-state index is 0.269. The number of aryl methyl sites for hydroxylation is 1. The Hall–Kier alpha value is -0.760. The summed E-state index contributed by atoms with van der Waals surface area (Å²) < 4.78 is 0.778. The fourth-order valence-corrected chi connectivity index (χ4v) is 0.948. The molecular weight excluding hydrogens is 150 g/mol. The van der Waals surface area contributed by atoms with Gasteiger partial charge in [0.05, 0.1) is 0 Å². The van der Waals surface area contributed by atoms with Crippen LogP contribution in [0.15, 0.2) is 18.3 Å². The van der Waals surface area contributed by atoms with Crippen LogP contribution in [0.1, 0.15) is 11.3 Å². The first kappa shape index (κ1) is 7.35. The number of alkyl halides is 1. The molecule has 0 aliphatic rings. The number of hydrogen-bond donors (Lipinski definition) is 0. The molecule has 0 saturated carbocycles. The number of halogens is 1. The number of pyridine rings is 1. The lowest BCUT2D eigenvalue weighted by molar-refractivity contribution is -0.613. The first-order chi connectivity index (χ1) is 4.74. The van der Waals surface area contributed by atoms with Gasteiger partial charge in [0.25, 0.3) is 0 Å². The van der Waals surface area contributed by atoms with Gasteiger partial charge in [-0.15, -0.1) is 11.6 Å². The van der Waals surface area contributed by atoms with Crippen LogP contribution in [-0.4, -0.2) is 0 Å². The summed E-state index contributed by atoms with van der Waals surface area (Å²) in [5, 5.41) is 10.8. The summed E-state index contributed by atoms with van der Waals surface area (Å²) in [7, 11) is 0. The molecular formula is C7H8ClNO. The lowest BCUT2D eigenvalue weighted by Crippen LogP contribution is -2.30. The van der Waals surface area contributed by atoms with Crippen molar-refractivity contribution in [1.82, 2.24) is 0 Å². The third-order valence-corrected chi connectivity index (χ3v) is 1.56. The minimum atomic E-state index is 0.269. The number of aromatic nitrogens is 1. The average molecular weight is 158 g/mol. The summed E-state index contributed by atoms with van der Waals surface area (Å²) in [4.78, 5) is 0. The highest BCUT2D eigenvalue weighted by molar-refractivity contribution is 6.16. The van der Waals surface area contributed by atoms with Crippen molar-refractivity contribution in [2.45, 2.75) is 12.8 Å². The van der Waals surface area contributed by atoms with E-state index in [1.807, 2.05) is 6.92 Å². The van der Waals surface area contributed by atoms with Crippen molar-refractivity contribution in [3.63, 3.8) is 0 Å². The Kier molecular flexibility index (Phi) is 2.12. The monoisotopic (exact) mass is 157 g/mol. The van der Waals surface area contributed by atoms with Crippen LogP contribution in [0.2, 0.25) is 0 Å². The van der Waals surface area contributed by atoms with Crippen LogP contribution in [0, 0.1) is 12.1 Å². The van der Waals surface area contributed by atoms with E-state index in [-0.39, 0.29) is 5.88 Å². The summed E-state index contributed by atoms with van der Waals surface area (Å²) in [5.41, 5.74) is 1.66. The third kappa shape index (κ3) is 1.39. The molecule has 1 rings (SSSR count). The molecule has 0 spiro atoms.